The molecule has 24 heavy (non-hydrogen) atoms. The lowest BCUT2D eigenvalue weighted by molar-refractivity contribution is 0.669. The molecule has 0 spiro atoms. The summed E-state index contributed by atoms with van der Waals surface area (Å²) in [5, 5.41) is 13.7. The highest BCUT2D eigenvalue weighted by molar-refractivity contribution is 6.18. The normalized spacial score (nSPS) is 11.9. The molecule has 0 radical (unpaired) electrons. The molecule has 0 N–H and O–H groups in total. The molecule has 0 saturated heterocycles. The fourth-order valence-corrected chi connectivity index (χ4v) is 3.12. The van der Waals surface area contributed by atoms with E-state index >= 15 is 0 Å². The second kappa shape index (κ2) is 5.72. The molecule has 0 fully saturated rings. The molecule has 0 amide bonds. The topological polar surface area (TPSA) is 36.9 Å². The van der Waals surface area contributed by atoms with Crippen molar-refractivity contribution in [1.29, 1.82) is 5.26 Å². The number of allylic oxidation sites excluding steroid dienone is 3. The molecule has 0 aliphatic carbocycles. The summed E-state index contributed by atoms with van der Waals surface area (Å²) >= 11 is 0. The van der Waals surface area contributed by atoms with E-state index < -0.39 is 0 Å². The van der Waals surface area contributed by atoms with Gasteiger partial charge in [-0.1, -0.05) is 55.1 Å². The Labute approximate surface area is 139 Å². The number of nitrogens with zero attached hydrogens (tertiary/aromatic N) is 1. The zero-order valence-electron chi connectivity index (χ0n) is 13.1. The quantitative estimate of drug-likeness (QED) is 0.348. The molecule has 3 aromatic carbocycles. The van der Waals surface area contributed by atoms with E-state index in [1.54, 1.807) is 6.08 Å². The number of nitriles is 1. The lowest BCUT2D eigenvalue weighted by Gasteiger charge is -2.00. The van der Waals surface area contributed by atoms with E-state index in [4.69, 9.17) is 9.68 Å². The van der Waals surface area contributed by atoms with E-state index in [-0.39, 0.29) is 0 Å². The lowest BCUT2D eigenvalue weighted by atomic mass is 10.0. The zero-order chi connectivity index (χ0) is 16.5. The van der Waals surface area contributed by atoms with Gasteiger partial charge in [0, 0.05) is 16.3 Å². The summed E-state index contributed by atoms with van der Waals surface area (Å²) < 4.78 is 6.00. The molecule has 4 aromatic rings. The van der Waals surface area contributed by atoms with Crippen LogP contribution < -0.4 is 0 Å². The Kier molecular flexibility index (Phi) is 3.40. The van der Waals surface area contributed by atoms with E-state index in [0.717, 1.165) is 27.5 Å². The SMILES string of the molecule is C=C/C(C#N)=C\Cc1ccc2oc3ccc4ccccc4c3c2c1. The van der Waals surface area contributed by atoms with Crippen molar-refractivity contribution in [3.8, 4) is 6.07 Å². The number of hydrogen-bond acceptors (Lipinski definition) is 2. The van der Waals surface area contributed by atoms with Crippen LogP contribution in [0.3, 0.4) is 0 Å². The number of rotatable bonds is 3. The largest absolute Gasteiger partial charge is 0.456 e. The summed E-state index contributed by atoms with van der Waals surface area (Å²) in [5.41, 5.74) is 3.53. The first kappa shape index (κ1) is 14.3. The van der Waals surface area contributed by atoms with Gasteiger partial charge in [-0.05, 0) is 41.0 Å². The minimum atomic E-state index is 0.595. The van der Waals surface area contributed by atoms with Gasteiger partial charge in [-0.3, -0.25) is 0 Å². The predicted molar refractivity (Wildman–Crippen MR) is 98.8 cm³/mol. The van der Waals surface area contributed by atoms with Crippen molar-refractivity contribution in [2.24, 2.45) is 0 Å². The number of benzene rings is 3. The molecular weight excluding hydrogens is 294 g/mol. The van der Waals surface area contributed by atoms with Gasteiger partial charge in [0.2, 0.25) is 0 Å². The van der Waals surface area contributed by atoms with Crippen LogP contribution in [0.2, 0.25) is 0 Å². The van der Waals surface area contributed by atoms with Gasteiger partial charge in [0.05, 0.1) is 6.07 Å². The van der Waals surface area contributed by atoms with Gasteiger partial charge in [-0.15, -0.1) is 0 Å². The fourth-order valence-electron chi connectivity index (χ4n) is 3.12. The van der Waals surface area contributed by atoms with Gasteiger partial charge in [0.25, 0.3) is 0 Å². The summed E-state index contributed by atoms with van der Waals surface area (Å²) in [6.07, 6.45) is 4.18. The van der Waals surface area contributed by atoms with Gasteiger partial charge >= 0.3 is 0 Å². The van der Waals surface area contributed by atoms with E-state index in [1.807, 2.05) is 30.3 Å². The van der Waals surface area contributed by atoms with Crippen molar-refractivity contribution in [2.75, 3.05) is 0 Å². The summed E-state index contributed by atoms with van der Waals surface area (Å²) in [6.45, 7) is 3.66. The van der Waals surface area contributed by atoms with E-state index in [2.05, 4.69) is 43.0 Å². The maximum absolute atomic E-state index is 9.00. The molecule has 0 unspecified atom stereocenters. The van der Waals surface area contributed by atoms with Crippen molar-refractivity contribution in [1.82, 2.24) is 0 Å². The molecule has 0 atom stereocenters. The molecule has 0 bridgehead atoms. The van der Waals surface area contributed by atoms with Crippen molar-refractivity contribution >= 4 is 32.7 Å². The first-order valence-corrected chi connectivity index (χ1v) is 7.86. The smallest absolute Gasteiger partial charge is 0.136 e. The van der Waals surface area contributed by atoms with Crippen LogP contribution in [0, 0.1) is 11.3 Å². The van der Waals surface area contributed by atoms with Gasteiger partial charge in [0.1, 0.15) is 11.2 Å². The van der Waals surface area contributed by atoms with Crippen LogP contribution in [0.5, 0.6) is 0 Å². The number of hydrogen-bond donors (Lipinski definition) is 0. The average molecular weight is 309 g/mol. The molecule has 1 aromatic heterocycles. The fraction of sp³-hybridized carbons (Fsp3) is 0.0455. The first-order chi connectivity index (χ1) is 11.8. The van der Waals surface area contributed by atoms with Crippen LogP contribution in [-0.4, -0.2) is 0 Å². The minimum Gasteiger partial charge on any atom is -0.456 e. The van der Waals surface area contributed by atoms with Crippen molar-refractivity contribution in [2.45, 2.75) is 6.42 Å². The third-order valence-electron chi connectivity index (χ3n) is 4.33. The highest BCUT2D eigenvalue weighted by Gasteiger charge is 2.10. The Morgan fingerprint density at radius 2 is 1.88 bits per heavy atom. The van der Waals surface area contributed by atoms with Crippen LogP contribution in [0.15, 0.2) is 83.3 Å². The third kappa shape index (κ3) is 2.28. The van der Waals surface area contributed by atoms with Crippen molar-refractivity contribution in [3.05, 3.63) is 84.5 Å². The Balaban J connectivity index is 1.93. The van der Waals surface area contributed by atoms with Gasteiger partial charge in [-0.25, -0.2) is 0 Å². The molecular formula is C22H15NO. The second-order valence-electron chi connectivity index (χ2n) is 5.77. The maximum atomic E-state index is 9.00. The van der Waals surface area contributed by atoms with Crippen molar-refractivity contribution < 1.29 is 4.42 Å². The first-order valence-electron chi connectivity index (χ1n) is 7.86. The Morgan fingerprint density at radius 3 is 2.71 bits per heavy atom. The standard InChI is InChI=1S/C22H15NO/c1-2-15(14-23)7-8-16-9-11-20-19(13-16)22-18-6-4-3-5-17(18)10-12-21(22)24-20/h2-7,9-13H,1,8H2/b15-7+. The van der Waals surface area contributed by atoms with Crippen LogP contribution in [0.4, 0.5) is 0 Å². The van der Waals surface area contributed by atoms with Crippen LogP contribution >= 0.6 is 0 Å². The molecule has 0 aliphatic heterocycles. The van der Waals surface area contributed by atoms with Crippen LogP contribution in [0.25, 0.3) is 32.7 Å². The summed E-state index contributed by atoms with van der Waals surface area (Å²) in [6, 6.07) is 20.8. The number of fused-ring (bicyclic) bond motifs is 5. The molecule has 114 valence electrons. The Bertz CT molecular complexity index is 1160. The van der Waals surface area contributed by atoms with E-state index in [0.29, 0.717) is 12.0 Å². The molecule has 2 nitrogen and oxygen atoms in total. The molecule has 0 saturated carbocycles. The summed E-state index contributed by atoms with van der Waals surface area (Å²) in [7, 11) is 0. The summed E-state index contributed by atoms with van der Waals surface area (Å²) in [5.74, 6) is 0. The molecule has 1 heterocycles. The minimum absolute atomic E-state index is 0.595. The zero-order valence-corrected chi connectivity index (χ0v) is 13.1. The van der Waals surface area contributed by atoms with Crippen molar-refractivity contribution in [3.63, 3.8) is 0 Å². The highest BCUT2D eigenvalue weighted by Crippen LogP contribution is 2.35. The lowest BCUT2D eigenvalue weighted by Crippen LogP contribution is -1.82. The Morgan fingerprint density at radius 1 is 1.04 bits per heavy atom. The maximum Gasteiger partial charge on any atom is 0.136 e. The van der Waals surface area contributed by atoms with E-state index in [9.17, 15) is 0 Å². The second-order valence-corrected chi connectivity index (χ2v) is 5.77. The average Bonchev–Trinajstić information content (AvgIpc) is 3.01. The summed E-state index contributed by atoms with van der Waals surface area (Å²) in [4.78, 5) is 0. The third-order valence-corrected chi connectivity index (χ3v) is 4.33. The van der Waals surface area contributed by atoms with Gasteiger partial charge in [-0.2, -0.15) is 5.26 Å². The molecule has 4 rings (SSSR count). The Hall–Kier alpha value is -3.31. The van der Waals surface area contributed by atoms with Crippen LogP contribution in [-0.2, 0) is 6.42 Å². The van der Waals surface area contributed by atoms with Crippen LogP contribution in [0.1, 0.15) is 5.56 Å². The monoisotopic (exact) mass is 309 g/mol. The molecule has 2 heteroatoms. The van der Waals surface area contributed by atoms with Gasteiger partial charge in [0.15, 0.2) is 0 Å². The number of furan rings is 1. The van der Waals surface area contributed by atoms with Gasteiger partial charge < -0.3 is 4.42 Å². The predicted octanol–water partition coefficient (Wildman–Crippen LogP) is 5.92. The van der Waals surface area contributed by atoms with E-state index in [1.165, 1.54) is 10.8 Å². The molecule has 0 aliphatic rings. The highest BCUT2D eigenvalue weighted by atomic mass is 16.3.